The SMILES string of the molecule is CC(Oc1ccc(C(C)C)cc1)C(=O)N1CCC(CNC(=O)CNC(=O)OC(C)(C)C)CC1. The molecule has 1 aromatic rings. The molecular formula is C25H39N3O5. The van der Waals surface area contributed by atoms with Crippen LogP contribution in [-0.4, -0.2) is 60.7 Å². The molecule has 8 heteroatoms. The molecule has 1 unspecified atom stereocenters. The molecule has 1 heterocycles. The Morgan fingerprint density at radius 2 is 1.64 bits per heavy atom. The van der Waals surface area contributed by atoms with Gasteiger partial charge in [0.2, 0.25) is 5.91 Å². The van der Waals surface area contributed by atoms with Crippen LogP contribution in [0.2, 0.25) is 0 Å². The van der Waals surface area contributed by atoms with Gasteiger partial charge in [0.25, 0.3) is 5.91 Å². The average Bonchev–Trinajstić information content (AvgIpc) is 2.75. The van der Waals surface area contributed by atoms with E-state index in [9.17, 15) is 14.4 Å². The summed E-state index contributed by atoms with van der Waals surface area (Å²) in [6.45, 7) is 13.0. The van der Waals surface area contributed by atoms with E-state index in [4.69, 9.17) is 9.47 Å². The number of piperidine rings is 1. The van der Waals surface area contributed by atoms with E-state index in [1.54, 1.807) is 27.7 Å². The van der Waals surface area contributed by atoms with Crippen LogP contribution in [0.5, 0.6) is 5.75 Å². The van der Waals surface area contributed by atoms with E-state index in [2.05, 4.69) is 24.5 Å². The number of alkyl carbamates (subject to hydrolysis) is 1. The maximum Gasteiger partial charge on any atom is 0.408 e. The fourth-order valence-corrected chi connectivity index (χ4v) is 3.59. The largest absolute Gasteiger partial charge is 0.481 e. The number of ether oxygens (including phenoxy) is 2. The van der Waals surface area contributed by atoms with Crippen molar-refractivity contribution in [2.24, 2.45) is 5.92 Å². The third-order valence-electron chi connectivity index (χ3n) is 5.51. The number of nitrogens with one attached hydrogen (secondary N) is 2. The molecule has 0 radical (unpaired) electrons. The molecule has 1 saturated heterocycles. The molecule has 1 aliphatic rings. The Hall–Kier alpha value is -2.77. The molecule has 1 aromatic carbocycles. The van der Waals surface area contributed by atoms with E-state index >= 15 is 0 Å². The van der Waals surface area contributed by atoms with E-state index in [0.717, 1.165) is 12.8 Å². The first kappa shape index (κ1) is 26.5. The second-order valence-electron chi connectivity index (χ2n) is 9.91. The summed E-state index contributed by atoms with van der Waals surface area (Å²) in [5, 5.41) is 5.29. The van der Waals surface area contributed by atoms with Crippen LogP contribution in [0.15, 0.2) is 24.3 Å². The Kier molecular flexibility index (Phi) is 9.56. The second-order valence-corrected chi connectivity index (χ2v) is 9.91. The van der Waals surface area contributed by atoms with Gasteiger partial charge in [-0.3, -0.25) is 9.59 Å². The van der Waals surface area contributed by atoms with Crippen LogP contribution in [-0.2, 0) is 14.3 Å². The number of amides is 3. The number of likely N-dealkylation sites (tertiary alicyclic amines) is 1. The molecule has 0 aliphatic carbocycles. The predicted octanol–water partition coefficient (Wildman–Crippen LogP) is 3.46. The van der Waals surface area contributed by atoms with Crippen LogP contribution in [0, 0.1) is 5.92 Å². The first-order valence-corrected chi connectivity index (χ1v) is 11.7. The molecule has 0 saturated carbocycles. The molecule has 0 spiro atoms. The van der Waals surface area contributed by atoms with Gasteiger partial charge in [-0.15, -0.1) is 0 Å². The monoisotopic (exact) mass is 461 g/mol. The van der Waals surface area contributed by atoms with Gasteiger partial charge in [0, 0.05) is 19.6 Å². The van der Waals surface area contributed by atoms with Crippen molar-refractivity contribution in [3.05, 3.63) is 29.8 Å². The van der Waals surface area contributed by atoms with Gasteiger partial charge in [-0.05, 0) is 70.1 Å². The van der Waals surface area contributed by atoms with E-state index < -0.39 is 17.8 Å². The van der Waals surface area contributed by atoms with Crippen molar-refractivity contribution in [3.8, 4) is 5.75 Å². The van der Waals surface area contributed by atoms with Crippen LogP contribution in [0.25, 0.3) is 0 Å². The van der Waals surface area contributed by atoms with E-state index in [0.29, 0.717) is 37.2 Å². The lowest BCUT2D eigenvalue weighted by Crippen LogP contribution is -2.47. The fourth-order valence-electron chi connectivity index (χ4n) is 3.59. The molecule has 8 nitrogen and oxygen atoms in total. The van der Waals surface area contributed by atoms with Gasteiger partial charge in [-0.25, -0.2) is 4.79 Å². The van der Waals surface area contributed by atoms with Gasteiger partial charge in [-0.2, -0.15) is 0 Å². The van der Waals surface area contributed by atoms with Crippen LogP contribution >= 0.6 is 0 Å². The third kappa shape index (κ3) is 9.32. The van der Waals surface area contributed by atoms with Gasteiger partial charge in [0.1, 0.15) is 11.4 Å². The first-order valence-electron chi connectivity index (χ1n) is 11.7. The van der Waals surface area contributed by atoms with Gasteiger partial charge in [0.05, 0.1) is 6.54 Å². The average molecular weight is 462 g/mol. The maximum atomic E-state index is 12.8. The minimum absolute atomic E-state index is 0.0213. The van der Waals surface area contributed by atoms with Crippen molar-refractivity contribution in [1.82, 2.24) is 15.5 Å². The lowest BCUT2D eigenvalue weighted by atomic mass is 9.96. The molecule has 184 valence electrons. The number of hydrogen-bond acceptors (Lipinski definition) is 5. The number of carbonyl (C=O) groups excluding carboxylic acids is 3. The Balaban J connectivity index is 1.68. The summed E-state index contributed by atoms with van der Waals surface area (Å²) >= 11 is 0. The first-order chi connectivity index (χ1) is 15.4. The van der Waals surface area contributed by atoms with Gasteiger partial charge >= 0.3 is 6.09 Å². The summed E-state index contributed by atoms with van der Waals surface area (Å²) in [6.07, 6.45) is 0.449. The van der Waals surface area contributed by atoms with Gasteiger partial charge < -0.3 is 25.0 Å². The molecule has 3 amide bonds. The summed E-state index contributed by atoms with van der Waals surface area (Å²) in [5.74, 6) is 1.15. The minimum Gasteiger partial charge on any atom is -0.481 e. The summed E-state index contributed by atoms with van der Waals surface area (Å²) in [6, 6.07) is 7.87. The highest BCUT2D eigenvalue weighted by Crippen LogP contribution is 2.21. The van der Waals surface area contributed by atoms with Crippen molar-refractivity contribution in [3.63, 3.8) is 0 Å². The molecule has 33 heavy (non-hydrogen) atoms. The number of benzene rings is 1. The van der Waals surface area contributed by atoms with Crippen molar-refractivity contribution >= 4 is 17.9 Å². The zero-order chi connectivity index (χ0) is 24.6. The highest BCUT2D eigenvalue weighted by molar-refractivity contribution is 5.82. The third-order valence-corrected chi connectivity index (χ3v) is 5.51. The molecule has 1 atom stereocenters. The highest BCUT2D eigenvalue weighted by Gasteiger charge is 2.27. The Bertz CT molecular complexity index is 793. The Morgan fingerprint density at radius 1 is 1.03 bits per heavy atom. The van der Waals surface area contributed by atoms with Crippen molar-refractivity contribution < 1.29 is 23.9 Å². The van der Waals surface area contributed by atoms with Gasteiger partial charge in [-0.1, -0.05) is 26.0 Å². The quantitative estimate of drug-likeness (QED) is 0.618. The molecule has 2 rings (SSSR count). The van der Waals surface area contributed by atoms with E-state index in [-0.39, 0.29) is 18.4 Å². The topological polar surface area (TPSA) is 97.0 Å². The second kappa shape index (κ2) is 11.9. The normalized spacial score (nSPS) is 15.7. The van der Waals surface area contributed by atoms with Crippen molar-refractivity contribution in [1.29, 1.82) is 0 Å². The molecular weight excluding hydrogens is 422 g/mol. The summed E-state index contributed by atoms with van der Waals surface area (Å²) < 4.78 is 11.0. The summed E-state index contributed by atoms with van der Waals surface area (Å²) in [4.78, 5) is 38.2. The molecule has 0 aromatic heterocycles. The summed E-state index contributed by atoms with van der Waals surface area (Å²) in [7, 11) is 0. The molecule has 0 bridgehead atoms. The lowest BCUT2D eigenvalue weighted by molar-refractivity contribution is -0.139. The predicted molar refractivity (Wildman–Crippen MR) is 127 cm³/mol. The zero-order valence-electron chi connectivity index (χ0n) is 20.8. The van der Waals surface area contributed by atoms with Gasteiger partial charge in [0.15, 0.2) is 6.10 Å². The molecule has 2 N–H and O–H groups in total. The molecule has 1 aliphatic heterocycles. The van der Waals surface area contributed by atoms with Crippen LogP contribution < -0.4 is 15.4 Å². The van der Waals surface area contributed by atoms with Crippen LogP contribution in [0.1, 0.15) is 65.9 Å². The van der Waals surface area contributed by atoms with E-state index in [1.165, 1.54) is 5.56 Å². The minimum atomic E-state index is -0.614. The number of carbonyl (C=O) groups is 3. The standard InChI is InChI=1S/C25H39N3O5/c1-17(2)20-7-9-21(10-8-20)32-18(3)23(30)28-13-11-19(12-14-28)15-26-22(29)16-27-24(31)33-25(4,5)6/h7-10,17-19H,11-16H2,1-6H3,(H,26,29)(H,27,31). The van der Waals surface area contributed by atoms with Crippen molar-refractivity contribution in [2.45, 2.75) is 72.0 Å². The summed E-state index contributed by atoms with van der Waals surface area (Å²) in [5.41, 5.74) is 0.628. The number of nitrogens with zero attached hydrogens (tertiary/aromatic N) is 1. The zero-order valence-corrected chi connectivity index (χ0v) is 20.8. The smallest absolute Gasteiger partial charge is 0.408 e. The molecule has 1 fully saturated rings. The number of rotatable bonds is 8. The highest BCUT2D eigenvalue weighted by atomic mass is 16.6. The van der Waals surface area contributed by atoms with Crippen LogP contribution in [0.4, 0.5) is 4.79 Å². The maximum absolute atomic E-state index is 12.8. The Labute approximate surface area is 197 Å². The Morgan fingerprint density at radius 3 is 2.18 bits per heavy atom. The van der Waals surface area contributed by atoms with Crippen molar-refractivity contribution in [2.75, 3.05) is 26.2 Å². The fraction of sp³-hybridized carbons (Fsp3) is 0.640. The number of hydrogen-bond donors (Lipinski definition) is 2. The lowest BCUT2D eigenvalue weighted by Gasteiger charge is -2.33. The van der Waals surface area contributed by atoms with E-state index in [1.807, 2.05) is 29.2 Å². The van der Waals surface area contributed by atoms with Crippen LogP contribution in [0.3, 0.4) is 0 Å².